The molecule has 0 aliphatic rings. The quantitative estimate of drug-likeness (QED) is 0.716. The Morgan fingerprint density at radius 1 is 0.947 bits per heavy atom. The largest absolute Gasteiger partial charge is 0.486 e. The van der Waals surface area contributed by atoms with Gasteiger partial charge < -0.3 is 4.74 Å². The third kappa shape index (κ3) is 4.60. The van der Waals surface area contributed by atoms with Gasteiger partial charge in [0.2, 0.25) is 0 Å². The molecule has 0 radical (unpaired) electrons. The molecule has 0 aromatic heterocycles. The summed E-state index contributed by atoms with van der Waals surface area (Å²) in [5.74, 6) is 0.947. The van der Waals surface area contributed by atoms with Gasteiger partial charge in [0.15, 0.2) is 0 Å². The van der Waals surface area contributed by atoms with Crippen LogP contribution in [0.4, 0.5) is 0 Å². The van der Waals surface area contributed by atoms with E-state index in [2.05, 4.69) is 50.2 Å². The Balaban J connectivity index is 0.00000180. The number of halogens is 1. The fourth-order valence-electron chi connectivity index (χ4n) is 2.00. The summed E-state index contributed by atoms with van der Waals surface area (Å²) >= 11 is 0. The number of hydrogen-bond acceptors (Lipinski definition) is 1. The van der Waals surface area contributed by atoms with Crippen molar-refractivity contribution in [2.75, 3.05) is 0 Å². The van der Waals surface area contributed by atoms with Crippen molar-refractivity contribution in [2.45, 2.75) is 32.8 Å². The highest BCUT2D eigenvalue weighted by molar-refractivity contribution is 5.85. The molecule has 0 spiro atoms. The lowest BCUT2D eigenvalue weighted by molar-refractivity contribution is 0.194. The van der Waals surface area contributed by atoms with E-state index in [0.717, 1.165) is 18.6 Å². The average molecular weight is 277 g/mol. The molecular formula is C17H21ClO. The number of benzene rings is 2. The fourth-order valence-corrected chi connectivity index (χ4v) is 2.00. The van der Waals surface area contributed by atoms with Crippen LogP contribution in [0.25, 0.3) is 0 Å². The van der Waals surface area contributed by atoms with E-state index in [1.54, 1.807) is 0 Å². The molecule has 0 fully saturated rings. The first kappa shape index (κ1) is 15.6. The smallest absolute Gasteiger partial charge is 0.124 e. The van der Waals surface area contributed by atoms with Crippen molar-refractivity contribution in [3.63, 3.8) is 0 Å². The Hall–Kier alpha value is -1.47. The van der Waals surface area contributed by atoms with Gasteiger partial charge in [-0.1, -0.05) is 61.4 Å². The maximum atomic E-state index is 6.10. The van der Waals surface area contributed by atoms with Crippen molar-refractivity contribution in [3.05, 3.63) is 65.7 Å². The van der Waals surface area contributed by atoms with Gasteiger partial charge in [0.1, 0.15) is 11.9 Å². The summed E-state index contributed by atoms with van der Waals surface area (Å²) in [6, 6.07) is 18.7. The molecule has 0 saturated heterocycles. The number of hydrogen-bond donors (Lipinski definition) is 0. The van der Waals surface area contributed by atoms with E-state index in [1.807, 2.05) is 18.2 Å². The SMILES string of the molecule is CCCC(Oc1ccc(C)cc1)c1ccccc1.Cl. The minimum absolute atomic E-state index is 0. The Kier molecular flexibility index (Phi) is 6.44. The summed E-state index contributed by atoms with van der Waals surface area (Å²) in [5, 5.41) is 0. The molecule has 0 heterocycles. The van der Waals surface area contributed by atoms with Crippen molar-refractivity contribution in [1.82, 2.24) is 0 Å². The third-order valence-electron chi connectivity index (χ3n) is 3.02. The molecule has 0 amide bonds. The average Bonchev–Trinajstić information content (AvgIpc) is 2.42. The van der Waals surface area contributed by atoms with Gasteiger partial charge >= 0.3 is 0 Å². The molecule has 2 heteroatoms. The van der Waals surface area contributed by atoms with Crippen LogP contribution in [0, 0.1) is 6.92 Å². The number of aryl methyl sites for hydroxylation is 1. The fraction of sp³-hybridized carbons (Fsp3) is 0.294. The van der Waals surface area contributed by atoms with Crippen LogP contribution in [-0.2, 0) is 0 Å². The highest BCUT2D eigenvalue weighted by atomic mass is 35.5. The molecule has 0 N–H and O–H groups in total. The Labute approximate surface area is 122 Å². The lowest BCUT2D eigenvalue weighted by atomic mass is 10.1. The molecular weight excluding hydrogens is 256 g/mol. The van der Waals surface area contributed by atoms with E-state index < -0.39 is 0 Å². The van der Waals surface area contributed by atoms with Gasteiger partial charge in [-0.15, -0.1) is 12.4 Å². The molecule has 19 heavy (non-hydrogen) atoms. The van der Waals surface area contributed by atoms with Gasteiger partial charge in [-0.05, 0) is 31.0 Å². The molecule has 0 aliphatic heterocycles. The van der Waals surface area contributed by atoms with Crippen LogP contribution in [0.15, 0.2) is 54.6 Å². The third-order valence-corrected chi connectivity index (χ3v) is 3.02. The normalized spacial score (nSPS) is 11.5. The van der Waals surface area contributed by atoms with Crippen LogP contribution in [0.3, 0.4) is 0 Å². The first-order valence-corrected chi connectivity index (χ1v) is 6.58. The predicted molar refractivity (Wildman–Crippen MR) is 83.1 cm³/mol. The molecule has 1 nitrogen and oxygen atoms in total. The molecule has 1 unspecified atom stereocenters. The van der Waals surface area contributed by atoms with Crippen molar-refractivity contribution in [3.8, 4) is 5.75 Å². The summed E-state index contributed by atoms with van der Waals surface area (Å²) in [5.41, 5.74) is 2.51. The second-order valence-corrected chi connectivity index (χ2v) is 4.62. The Bertz CT molecular complexity index is 464. The van der Waals surface area contributed by atoms with Crippen LogP contribution in [-0.4, -0.2) is 0 Å². The van der Waals surface area contributed by atoms with Gasteiger partial charge in [-0.2, -0.15) is 0 Å². The first-order chi connectivity index (χ1) is 8.79. The summed E-state index contributed by atoms with van der Waals surface area (Å²) < 4.78 is 6.10. The lowest BCUT2D eigenvalue weighted by Crippen LogP contribution is -2.07. The summed E-state index contributed by atoms with van der Waals surface area (Å²) in [6.07, 6.45) is 2.31. The number of ether oxygens (including phenoxy) is 1. The van der Waals surface area contributed by atoms with Crippen LogP contribution in [0.5, 0.6) is 5.75 Å². The topological polar surface area (TPSA) is 9.23 Å². The zero-order valence-electron chi connectivity index (χ0n) is 11.5. The van der Waals surface area contributed by atoms with Gasteiger partial charge in [-0.3, -0.25) is 0 Å². The standard InChI is InChI=1S/C17H20O.ClH/c1-3-7-17(15-8-5-4-6-9-15)18-16-12-10-14(2)11-13-16;/h4-6,8-13,17H,3,7H2,1-2H3;1H. The van der Waals surface area contributed by atoms with E-state index in [9.17, 15) is 0 Å². The minimum Gasteiger partial charge on any atom is -0.486 e. The molecule has 0 saturated carbocycles. The van der Waals surface area contributed by atoms with E-state index in [0.29, 0.717) is 0 Å². The van der Waals surface area contributed by atoms with Gasteiger partial charge in [-0.25, -0.2) is 0 Å². The van der Waals surface area contributed by atoms with E-state index >= 15 is 0 Å². The van der Waals surface area contributed by atoms with Crippen molar-refractivity contribution in [2.24, 2.45) is 0 Å². The van der Waals surface area contributed by atoms with E-state index in [-0.39, 0.29) is 18.5 Å². The maximum absolute atomic E-state index is 6.10. The molecule has 0 aliphatic carbocycles. The molecule has 0 bridgehead atoms. The zero-order valence-corrected chi connectivity index (χ0v) is 12.3. The summed E-state index contributed by atoms with van der Waals surface area (Å²) in [4.78, 5) is 0. The molecule has 102 valence electrons. The number of rotatable bonds is 5. The lowest BCUT2D eigenvalue weighted by Gasteiger charge is -2.19. The van der Waals surface area contributed by atoms with E-state index in [4.69, 9.17) is 4.74 Å². The highest BCUT2D eigenvalue weighted by Gasteiger charge is 2.11. The predicted octanol–water partition coefficient (Wildman–Crippen LogP) is 5.34. The highest BCUT2D eigenvalue weighted by Crippen LogP contribution is 2.25. The van der Waals surface area contributed by atoms with Crippen LogP contribution >= 0.6 is 12.4 Å². The Morgan fingerprint density at radius 2 is 1.58 bits per heavy atom. The first-order valence-electron chi connectivity index (χ1n) is 6.58. The second kappa shape index (κ2) is 7.85. The minimum atomic E-state index is 0. The van der Waals surface area contributed by atoms with Crippen molar-refractivity contribution in [1.29, 1.82) is 0 Å². The zero-order chi connectivity index (χ0) is 12.8. The van der Waals surface area contributed by atoms with Gasteiger partial charge in [0.25, 0.3) is 0 Å². The van der Waals surface area contributed by atoms with Crippen LogP contribution < -0.4 is 4.74 Å². The molecule has 2 aromatic carbocycles. The molecule has 2 aromatic rings. The monoisotopic (exact) mass is 276 g/mol. The van der Waals surface area contributed by atoms with Gasteiger partial charge in [0.05, 0.1) is 0 Å². The van der Waals surface area contributed by atoms with Crippen molar-refractivity contribution < 1.29 is 4.74 Å². The maximum Gasteiger partial charge on any atom is 0.124 e. The Morgan fingerprint density at radius 3 is 2.16 bits per heavy atom. The molecule has 2 rings (SSSR count). The van der Waals surface area contributed by atoms with Crippen LogP contribution in [0.2, 0.25) is 0 Å². The second-order valence-electron chi connectivity index (χ2n) is 4.62. The summed E-state index contributed by atoms with van der Waals surface area (Å²) in [6.45, 7) is 4.28. The van der Waals surface area contributed by atoms with E-state index in [1.165, 1.54) is 11.1 Å². The van der Waals surface area contributed by atoms with Crippen molar-refractivity contribution >= 4 is 12.4 Å². The molecule has 1 atom stereocenters. The van der Waals surface area contributed by atoms with Gasteiger partial charge in [0, 0.05) is 0 Å². The summed E-state index contributed by atoms with van der Waals surface area (Å²) in [7, 11) is 0. The van der Waals surface area contributed by atoms with Crippen LogP contribution in [0.1, 0.15) is 37.0 Å².